The molecule has 0 spiro atoms. The van der Waals surface area contributed by atoms with Crippen LogP contribution in [0.4, 0.5) is 0 Å². The van der Waals surface area contributed by atoms with Crippen molar-refractivity contribution in [3.63, 3.8) is 0 Å². The zero-order chi connectivity index (χ0) is 21.3. The summed E-state index contributed by atoms with van der Waals surface area (Å²) in [4.78, 5) is 15.0. The molecule has 0 radical (unpaired) electrons. The quantitative estimate of drug-likeness (QED) is 0.624. The van der Waals surface area contributed by atoms with Crippen LogP contribution in [0.1, 0.15) is 55.3 Å². The van der Waals surface area contributed by atoms with E-state index in [1.54, 1.807) is 0 Å². The number of allylic oxidation sites excluding steroid dienone is 1. The molecule has 1 N–H and O–H groups in total. The predicted octanol–water partition coefficient (Wildman–Crippen LogP) is 5.74. The Morgan fingerprint density at radius 1 is 1.07 bits per heavy atom. The number of ketones is 1. The molecule has 4 nitrogen and oxygen atoms in total. The molecule has 2 aliphatic rings. The Bertz CT molecular complexity index is 990. The predicted molar refractivity (Wildman–Crippen MR) is 124 cm³/mol. The molecule has 0 saturated heterocycles. The maximum atomic E-state index is 12.8. The van der Waals surface area contributed by atoms with Crippen molar-refractivity contribution in [2.45, 2.75) is 52.5 Å². The van der Waals surface area contributed by atoms with Gasteiger partial charge in [0.2, 0.25) is 0 Å². The van der Waals surface area contributed by atoms with E-state index in [1.807, 2.05) is 36.4 Å². The normalized spacial score (nSPS) is 18.9. The minimum atomic E-state index is -0.191. The van der Waals surface area contributed by atoms with Crippen molar-refractivity contribution >= 4 is 23.1 Å². The van der Waals surface area contributed by atoms with Gasteiger partial charge in [-0.05, 0) is 86.3 Å². The molecule has 0 fully saturated rings. The molecule has 2 aromatic rings. The number of carbonyl (C=O) groups is 1. The van der Waals surface area contributed by atoms with E-state index in [4.69, 9.17) is 17.0 Å². The van der Waals surface area contributed by atoms with Crippen molar-refractivity contribution in [1.29, 1.82) is 0 Å². The lowest BCUT2D eigenvalue weighted by Crippen LogP contribution is -2.49. The Balaban J connectivity index is 1.62. The summed E-state index contributed by atoms with van der Waals surface area (Å²) in [5.74, 6) is 1.84. The minimum absolute atomic E-state index is 0.191. The van der Waals surface area contributed by atoms with E-state index in [0.29, 0.717) is 11.5 Å². The van der Waals surface area contributed by atoms with Crippen molar-refractivity contribution < 1.29 is 9.53 Å². The van der Waals surface area contributed by atoms with Crippen LogP contribution in [0.5, 0.6) is 11.5 Å². The lowest BCUT2D eigenvalue weighted by atomic mass is 9.85. The number of hydrogen-bond acceptors (Lipinski definition) is 3. The number of benzene rings is 2. The molecular formula is C25H28N2O2S. The second-order valence-electron chi connectivity index (χ2n) is 8.17. The van der Waals surface area contributed by atoms with Gasteiger partial charge in [-0.3, -0.25) is 4.79 Å². The third-order valence-electron chi connectivity index (χ3n) is 5.65. The zero-order valence-corrected chi connectivity index (χ0v) is 18.6. The molecule has 0 amide bonds. The molecule has 0 aromatic heterocycles. The van der Waals surface area contributed by atoms with Gasteiger partial charge in [0.1, 0.15) is 11.5 Å². The summed E-state index contributed by atoms with van der Waals surface area (Å²) in [5.41, 5.74) is 5.37. The molecule has 30 heavy (non-hydrogen) atoms. The molecule has 2 aromatic carbocycles. The number of nitrogens with zero attached hydrogens (tertiary/aromatic N) is 1. The van der Waals surface area contributed by atoms with Crippen LogP contribution in [0.3, 0.4) is 0 Å². The average Bonchev–Trinajstić information content (AvgIpc) is 2.70. The number of Topliss-reactive ketones (excluding diaryl/α,β-unsaturated/α-hetero) is 1. The fourth-order valence-electron chi connectivity index (χ4n) is 4.42. The Kier molecular flexibility index (Phi) is 5.91. The van der Waals surface area contributed by atoms with Crippen molar-refractivity contribution in [2.75, 3.05) is 6.54 Å². The highest BCUT2D eigenvalue weighted by Crippen LogP contribution is 2.38. The Labute approximate surface area is 183 Å². The first-order valence-electron chi connectivity index (χ1n) is 10.7. The first kappa shape index (κ1) is 20.6. The van der Waals surface area contributed by atoms with Crippen LogP contribution in [0.25, 0.3) is 0 Å². The molecule has 0 bridgehead atoms. The van der Waals surface area contributed by atoms with Gasteiger partial charge in [-0.25, -0.2) is 0 Å². The van der Waals surface area contributed by atoms with Gasteiger partial charge in [-0.1, -0.05) is 25.1 Å². The third kappa shape index (κ3) is 4.12. The number of aryl methyl sites for hydroxylation is 2. The van der Waals surface area contributed by atoms with Gasteiger partial charge in [0.25, 0.3) is 0 Å². The topological polar surface area (TPSA) is 41.6 Å². The molecule has 5 heteroatoms. The maximum absolute atomic E-state index is 12.8. The molecule has 4 rings (SSSR count). The van der Waals surface area contributed by atoms with E-state index < -0.39 is 0 Å². The van der Waals surface area contributed by atoms with Crippen LogP contribution >= 0.6 is 12.2 Å². The number of carbonyl (C=O) groups excluding carboxylic acids is 1. The number of nitrogens with one attached hydrogen (secondary N) is 1. The molecule has 1 heterocycles. The van der Waals surface area contributed by atoms with Crippen LogP contribution < -0.4 is 10.1 Å². The summed E-state index contributed by atoms with van der Waals surface area (Å²) in [5, 5.41) is 4.13. The van der Waals surface area contributed by atoms with Crippen molar-refractivity contribution in [1.82, 2.24) is 10.2 Å². The summed E-state index contributed by atoms with van der Waals surface area (Å²) in [6, 6.07) is 14.0. The molecule has 1 unspecified atom stereocenters. The van der Waals surface area contributed by atoms with Gasteiger partial charge < -0.3 is 15.0 Å². The third-order valence-corrected chi connectivity index (χ3v) is 5.99. The number of rotatable bonds is 5. The van der Waals surface area contributed by atoms with E-state index in [2.05, 4.69) is 37.1 Å². The summed E-state index contributed by atoms with van der Waals surface area (Å²) in [6.07, 6.45) is 3.41. The molecule has 1 aliphatic carbocycles. The van der Waals surface area contributed by atoms with Crippen LogP contribution in [0.2, 0.25) is 0 Å². The number of ether oxygens (including phenoxy) is 1. The molecule has 1 atom stereocenters. The lowest BCUT2D eigenvalue weighted by Gasteiger charge is -2.41. The van der Waals surface area contributed by atoms with Crippen molar-refractivity contribution in [3.8, 4) is 11.5 Å². The van der Waals surface area contributed by atoms with Gasteiger partial charge in [0.15, 0.2) is 10.9 Å². The van der Waals surface area contributed by atoms with Gasteiger partial charge >= 0.3 is 0 Å². The van der Waals surface area contributed by atoms with Crippen molar-refractivity contribution in [3.05, 3.63) is 70.4 Å². The van der Waals surface area contributed by atoms with Crippen LogP contribution in [-0.4, -0.2) is 22.3 Å². The monoisotopic (exact) mass is 420 g/mol. The summed E-state index contributed by atoms with van der Waals surface area (Å²) in [6.45, 7) is 7.10. The standard InChI is InChI=1S/C25H28N2O2S/c1-4-12-27-21-6-5-7-22(28)23(21)24(26-25(27)30)18-8-10-19(11-9-18)29-20-14-16(2)13-17(3)15-20/h8-11,13-15,24H,4-7,12H2,1-3H3,(H,26,30). The zero-order valence-electron chi connectivity index (χ0n) is 17.8. The summed E-state index contributed by atoms with van der Waals surface area (Å²) < 4.78 is 6.05. The fraction of sp³-hybridized carbons (Fsp3) is 0.360. The number of hydrogen-bond donors (Lipinski definition) is 1. The molecule has 1 aliphatic heterocycles. The lowest BCUT2D eigenvalue weighted by molar-refractivity contribution is -0.116. The second kappa shape index (κ2) is 8.60. The summed E-state index contributed by atoms with van der Waals surface area (Å²) in [7, 11) is 0. The Morgan fingerprint density at radius 3 is 2.43 bits per heavy atom. The Morgan fingerprint density at radius 2 is 1.77 bits per heavy atom. The van der Waals surface area contributed by atoms with Crippen molar-refractivity contribution in [2.24, 2.45) is 0 Å². The van der Waals surface area contributed by atoms with Gasteiger partial charge in [-0.2, -0.15) is 0 Å². The first-order chi connectivity index (χ1) is 14.5. The molecular weight excluding hydrogens is 392 g/mol. The smallest absolute Gasteiger partial charge is 0.173 e. The molecule has 156 valence electrons. The fourth-order valence-corrected chi connectivity index (χ4v) is 4.74. The van der Waals surface area contributed by atoms with E-state index in [0.717, 1.165) is 54.1 Å². The van der Waals surface area contributed by atoms with Gasteiger partial charge in [-0.15, -0.1) is 0 Å². The maximum Gasteiger partial charge on any atom is 0.173 e. The minimum Gasteiger partial charge on any atom is -0.457 e. The SMILES string of the molecule is CCCN1C(=S)NC(c2ccc(Oc3cc(C)cc(C)c3)cc2)C2=C1CCCC2=O. The van der Waals surface area contributed by atoms with Crippen LogP contribution in [0, 0.1) is 13.8 Å². The summed E-state index contributed by atoms with van der Waals surface area (Å²) >= 11 is 5.66. The first-order valence-corrected chi connectivity index (χ1v) is 11.1. The highest BCUT2D eigenvalue weighted by molar-refractivity contribution is 7.80. The average molecular weight is 421 g/mol. The highest BCUT2D eigenvalue weighted by Gasteiger charge is 2.36. The van der Waals surface area contributed by atoms with E-state index >= 15 is 0 Å². The Hall–Kier alpha value is -2.66. The molecule has 0 saturated carbocycles. The van der Waals surface area contributed by atoms with E-state index in [1.165, 1.54) is 11.1 Å². The van der Waals surface area contributed by atoms with E-state index in [-0.39, 0.29) is 11.8 Å². The highest BCUT2D eigenvalue weighted by atomic mass is 32.1. The van der Waals surface area contributed by atoms with Gasteiger partial charge in [0, 0.05) is 24.2 Å². The largest absolute Gasteiger partial charge is 0.457 e. The van der Waals surface area contributed by atoms with E-state index in [9.17, 15) is 4.79 Å². The van der Waals surface area contributed by atoms with Crippen LogP contribution in [0.15, 0.2) is 53.7 Å². The van der Waals surface area contributed by atoms with Gasteiger partial charge in [0.05, 0.1) is 6.04 Å². The second-order valence-corrected chi connectivity index (χ2v) is 8.55. The van der Waals surface area contributed by atoms with Crippen LogP contribution in [-0.2, 0) is 4.79 Å². The number of thiocarbonyl (C=S) groups is 1.